The smallest absolute Gasteiger partial charge is 0.252 e. The molecule has 1 atom stereocenters. The molecule has 144 valence electrons. The van der Waals surface area contributed by atoms with Crippen molar-refractivity contribution >= 4 is 41.3 Å². The molecule has 0 spiro atoms. The first-order valence-corrected chi connectivity index (χ1v) is 8.80. The van der Waals surface area contributed by atoms with Crippen LogP contribution in [0.2, 0.25) is 5.02 Å². The SMILES string of the molecule is COc1ccccc1C=NNC1=NC(CC(=O)Nc2ccccc2Cl)C(=O)N1. The Labute approximate surface area is 166 Å². The number of carbonyl (C=O) groups is 2. The molecule has 2 amide bonds. The number of nitrogens with zero attached hydrogens (tertiary/aromatic N) is 2. The summed E-state index contributed by atoms with van der Waals surface area (Å²) in [7, 11) is 1.57. The van der Waals surface area contributed by atoms with Crippen molar-refractivity contribution in [3.8, 4) is 5.75 Å². The number of rotatable bonds is 6. The van der Waals surface area contributed by atoms with E-state index in [9.17, 15) is 9.59 Å². The van der Waals surface area contributed by atoms with Gasteiger partial charge in [-0.05, 0) is 24.3 Å². The van der Waals surface area contributed by atoms with Crippen molar-refractivity contribution in [2.45, 2.75) is 12.5 Å². The number of hydrazone groups is 1. The van der Waals surface area contributed by atoms with Gasteiger partial charge in [-0.1, -0.05) is 35.9 Å². The van der Waals surface area contributed by atoms with Crippen molar-refractivity contribution in [2.24, 2.45) is 10.1 Å². The molecule has 1 unspecified atom stereocenters. The first-order chi connectivity index (χ1) is 13.6. The van der Waals surface area contributed by atoms with Crippen LogP contribution in [0.4, 0.5) is 5.69 Å². The van der Waals surface area contributed by atoms with Gasteiger partial charge in [-0.15, -0.1) is 0 Å². The second kappa shape index (κ2) is 9.01. The number of hydrogen-bond acceptors (Lipinski definition) is 6. The maximum absolute atomic E-state index is 12.2. The molecule has 0 radical (unpaired) electrons. The summed E-state index contributed by atoms with van der Waals surface area (Å²) >= 11 is 6.01. The Morgan fingerprint density at radius 1 is 1.29 bits per heavy atom. The highest BCUT2D eigenvalue weighted by atomic mass is 35.5. The summed E-state index contributed by atoms with van der Waals surface area (Å²) in [6.07, 6.45) is 1.43. The number of ether oxygens (including phenoxy) is 1. The summed E-state index contributed by atoms with van der Waals surface area (Å²) in [6.45, 7) is 0. The van der Waals surface area contributed by atoms with Crippen LogP contribution in [-0.2, 0) is 9.59 Å². The van der Waals surface area contributed by atoms with Crippen molar-refractivity contribution in [1.29, 1.82) is 0 Å². The van der Waals surface area contributed by atoms with E-state index in [2.05, 4.69) is 26.2 Å². The van der Waals surface area contributed by atoms with Crippen LogP contribution in [-0.4, -0.2) is 37.1 Å². The van der Waals surface area contributed by atoms with E-state index in [1.54, 1.807) is 37.6 Å². The summed E-state index contributed by atoms with van der Waals surface area (Å²) < 4.78 is 5.23. The highest BCUT2D eigenvalue weighted by Crippen LogP contribution is 2.21. The first-order valence-electron chi connectivity index (χ1n) is 8.42. The monoisotopic (exact) mass is 399 g/mol. The lowest BCUT2D eigenvalue weighted by molar-refractivity contribution is -0.123. The van der Waals surface area contributed by atoms with Gasteiger partial charge in [0.15, 0.2) is 0 Å². The number of nitrogens with one attached hydrogen (secondary N) is 3. The van der Waals surface area contributed by atoms with E-state index in [-0.39, 0.29) is 24.2 Å². The Morgan fingerprint density at radius 3 is 2.82 bits per heavy atom. The van der Waals surface area contributed by atoms with E-state index in [4.69, 9.17) is 16.3 Å². The molecule has 2 aromatic carbocycles. The number of methoxy groups -OCH3 is 1. The lowest BCUT2D eigenvalue weighted by Gasteiger charge is -2.08. The third kappa shape index (κ3) is 4.86. The number of anilines is 1. The van der Waals surface area contributed by atoms with Crippen molar-refractivity contribution < 1.29 is 14.3 Å². The highest BCUT2D eigenvalue weighted by molar-refractivity contribution is 6.33. The van der Waals surface area contributed by atoms with Crippen LogP contribution in [0, 0.1) is 0 Å². The minimum absolute atomic E-state index is 0.113. The van der Waals surface area contributed by atoms with Gasteiger partial charge in [0.1, 0.15) is 11.8 Å². The zero-order valence-electron chi connectivity index (χ0n) is 15.0. The van der Waals surface area contributed by atoms with Gasteiger partial charge in [0, 0.05) is 5.56 Å². The second-order valence-electron chi connectivity index (χ2n) is 5.83. The summed E-state index contributed by atoms with van der Waals surface area (Å²) in [5.41, 5.74) is 3.90. The van der Waals surface area contributed by atoms with Gasteiger partial charge >= 0.3 is 0 Å². The third-order valence-corrected chi connectivity index (χ3v) is 4.20. The Bertz CT molecular complexity index is 945. The molecular weight excluding hydrogens is 382 g/mol. The summed E-state index contributed by atoms with van der Waals surface area (Å²) in [4.78, 5) is 28.3. The van der Waals surface area contributed by atoms with Gasteiger partial charge in [0.25, 0.3) is 5.91 Å². The zero-order chi connectivity index (χ0) is 19.9. The molecule has 2 aromatic rings. The number of halogens is 1. The molecule has 28 heavy (non-hydrogen) atoms. The largest absolute Gasteiger partial charge is 0.496 e. The molecule has 8 nitrogen and oxygen atoms in total. The number of aliphatic imine (C=N–C) groups is 1. The Morgan fingerprint density at radius 2 is 2.04 bits per heavy atom. The molecule has 0 aromatic heterocycles. The Balaban J connectivity index is 1.57. The standard InChI is InChI=1S/C19H18ClN5O3/c1-28-16-9-5-2-6-12(16)11-21-25-19-23-15(18(27)24-19)10-17(26)22-14-8-4-3-7-13(14)20/h2-9,11,15H,10H2,1H3,(H,22,26)(H2,23,24,25,27). The van der Waals surface area contributed by atoms with E-state index in [1.807, 2.05) is 24.3 Å². The average Bonchev–Trinajstić information content (AvgIpc) is 3.03. The van der Waals surface area contributed by atoms with Gasteiger partial charge < -0.3 is 10.1 Å². The van der Waals surface area contributed by atoms with Gasteiger partial charge in [-0.3, -0.25) is 14.9 Å². The number of guanidine groups is 1. The Kier molecular flexibility index (Phi) is 6.23. The predicted molar refractivity (Wildman–Crippen MR) is 108 cm³/mol. The summed E-state index contributed by atoms with van der Waals surface area (Å²) in [5, 5.41) is 9.67. The van der Waals surface area contributed by atoms with E-state index >= 15 is 0 Å². The summed E-state index contributed by atoms with van der Waals surface area (Å²) in [5.74, 6) is 0.0892. The first kappa shape index (κ1) is 19.4. The molecule has 9 heteroatoms. The van der Waals surface area contributed by atoms with Crippen LogP contribution < -0.4 is 20.8 Å². The third-order valence-electron chi connectivity index (χ3n) is 3.87. The molecule has 1 aliphatic heterocycles. The van der Waals surface area contributed by atoms with Gasteiger partial charge in [-0.2, -0.15) is 5.10 Å². The fourth-order valence-corrected chi connectivity index (χ4v) is 2.70. The predicted octanol–water partition coefficient (Wildman–Crippen LogP) is 2.16. The van der Waals surface area contributed by atoms with Crippen molar-refractivity contribution in [2.75, 3.05) is 12.4 Å². The van der Waals surface area contributed by atoms with Crippen LogP contribution in [0.5, 0.6) is 5.75 Å². The fraction of sp³-hybridized carbons (Fsp3) is 0.158. The molecule has 0 saturated carbocycles. The molecule has 0 aliphatic carbocycles. The molecular formula is C19H18ClN5O3. The number of carbonyl (C=O) groups excluding carboxylic acids is 2. The lowest BCUT2D eigenvalue weighted by atomic mass is 10.2. The number of amides is 2. The van der Waals surface area contributed by atoms with Crippen molar-refractivity contribution in [3.05, 3.63) is 59.1 Å². The molecule has 3 rings (SSSR count). The fourth-order valence-electron chi connectivity index (χ4n) is 2.52. The lowest BCUT2D eigenvalue weighted by Crippen LogP contribution is -2.35. The van der Waals surface area contributed by atoms with Crippen molar-refractivity contribution in [1.82, 2.24) is 10.7 Å². The van der Waals surface area contributed by atoms with Crippen molar-refractivity contribution in [3.63, 3.8) is 0 Å². The maximum atomic E-state index is 12.2. The molecule has 0 fully saturated rings. The quantitative estimate of drug-likeness (QED) is 0.511. The van der Waals surface area contributed by atoms with Crippen LogP contribution in [0.15, 0.2) is 58.6 Å². The topological polar surface area (TPSA) is 104 Å². The molecule has 0 bridgehead atoms. The van der Waals surface area contributed by atoms with E-state index in [0.29, 0.717) is 16.5 Å². The maximum Gasteiger partial charge on any atom is 0.252 e. The zero-order valence-corrected chi connectivity index (χ0v) is 15.7. The minimum Gasteiger partial charge on any atom is -0.496 e. The number of benzene rings is 2. The average molecular weight is 400 g/mol. The van der Waals surface area contributed by atoms with E-state index < -0.39 is 6.04 Å². The van der Waals surface area contributed by atoms with E-state index in [1.165, 1.54) is 0 Å². The van der Waals surface area contributed by atoms with Gasteiger partial charge in [0.2, 0.25) is 11.9 Å². The second-order valence-corrected chi connectivity index (χ2v) is 6.23. The van der Waals surface area contributed by atoms with Crippen LogP contribution in [0.1, 0.15) is 12.0 Å². The summed E-state index contributed by atoms with van der Waals surface area (Å²) in [6, 6.07) is 13.4. The minimum atomic E-state index is -0.841. The normalized spacial score (nSPS) is 15.9. The van der Waals surface area contributed by atoms with Crippen LogP contribution >= 0.6 is 11.6 Å². The van der Waals surface area contributed by atoms with E-state index in [0.717, 1.165) is 5.56 Å². The Hall–Kier alpha value is -3.39. The van der Waals surface area contributed by atoms with Crippen LogP contribution in [0.25, 0.3) is 0 Å². The van der Waals surface area contributed by atoms with Crippen LogP contribution in [0.3, 0.4) is 0 Å². The van der Waals surface area contributed by atoms with Gasteiger partial charge in [0.05, 0.1) is 30.5 Å². The molecule has 1 heterocycles. The highest BCUT2D eigenvalue weighted by Gasteiger charge is 2.28. The number of para-hydroxylation sites is 2. The number of hydrogen-bond donors (Lipinski definition) is 3. The molecule has 0 saturated heterocycles. The molecule has 3 N–H and O–H groups in total. The van der Waals surface area contributed by atoms with Gasteiger partial charge in [-0.25, -0.2) is 10.4 Å². The molecule has 1 aliphatic rings.